The third-order valence-corrected chi connectivity index (χ3v) is 4.59. The van der Waals surface area contributed by atoms with Crippen LogP contribution in [-0.2, 0) is 4.74 Å². The highest BCUT2D eigenvalue weighted by molar-refractivity contribution is 4.97. The van der Waals surface area contributed by atoms with Crippen molar-refractivity contribution in [1.29, 1.82) is 5.26 Å². The minimum Gasteiger partial charge on any atom is -0.380 e. The largest absolute Gasteiger partial charge is 0.380 e. The number of hydrogen-bond donors (Lipinski definition) is 0. The quantitative estimate of drug-likeness (QED) is 0.739. The number of nitriles is 1. The van der Waals surface area contributed by atoms with Crippen molar-refractivity contribution in [2.75, 3.05) is 20.2 Å². The number of hydrogen-bond acceptors (Lipinski definition) is 3. The summed E-state index contributed by atoms with van der Waals surface area (Å²) in [6.07, 6.45) is 6.35. The zero-order valence-electron chi connectivity index (χ0n) is 11.1. The minimum absolute atomic E-state index is 0.245. The van der Waals surface area contributed by atoms with Crippen molar-refractivity contribution >= 4 is 0 Å². The summed E-state index contributed by atoms with van der Waals surface area (Å²) in [4.78, 5) is 2.52. The van der Waals surface area contributed by atoms with Crippen LogP contribution in [0.5, 0.6) is 0 Å². The van der Waals surface area contributed by atoms with Crippen molar-refractivity contribution in [2.45, 2.75) is 51.2 Å². The fourth-order valence-corrected chi connectivity index (χ4v) is 3.36. The molecule has 0 aromatic rings. The molecule has 4 atom stereocenters. The predicted molar refractivity (Wildman–Crippen MR) is 67.5 cm³/mol. The highest BCUT2D eigenvalue weighted by Crippen LogP contribution is 2.31. The summed E-state index contributed by atoms with van der Waals surface area (Å²) in [6.45, 7) is 4.43. The van der Waals surface area contributed by atoms with Gasteiger partial charge in [-0.3, -0.25) is 4.90 Å². The Balaban J connectivity index is 1.99. The van der Waals surface area contributed by atoms with Gasteiger partial charge in [-0.15, -0.1) is 0 Å². The van der Waals surface area contributed by atoms with Crippen molar-refractivity contribution in [3.63, 3.8) is 0 Å². The van der Waals surface area contributed by atoms with E-state index in [1.54, 1.807) is 0 Å². The standard InChI is InChI=1S/C14H24N2O/c1-11-7-8-16(10-14(11)17-2)13-6-4-3-5-12(13)9-15/h11-14H,3-8,10H2,1-2H3. The molecule has 96 valence electrons. The molecular formula is C14H24N2O. The topological polar surface area (TPSA) is 36.3 Å². The molecule has 4 unspecified atom stereocenters. The van der Waals surface area contributed by atoms with Crippen LogP contribution >= 0.6 is 0 Å². The molecule has 0 spiro atoms. The third kappa shape index (κ3) is 2.81. The molecule has 1 heterocycles. The lowest BCUT2D eigenvalue weighted by molar-refractivity contribution is -0.0297. The molecule has 0 aromatic carbocycles. The smallest absolute Gasteiger partial charge is 0.0724 e. The Morgan fingerprint density at radius 2 is 2.00 bits per heavy atom. The van der Waals surface area contributed by atoms with Gasteiger partial charge in [-0.05, 0) is 31.7 Å². The lowest BCUT2D eigenvalue weighted by Crippen LogP contribution is -2.51. The molecule has 0 aromatic heterocycles. The van der Waals surface area contributed by atoms with Crippen molar-refractivity contribution in [1.82, 2.24) is 4.90 Å². The van der Waals surface area contributed by atoms with Crippen molar-refractivity contribution < 1.29 is 4.74 Å². The summed E-state index contributed by atoms with van der Waals surface area (Å²) < 4.78 is 5.57. The first-order valence-electron chi connectivity index (χ1n) is 6.92. The normalized spacial score (nSPS) is 39.8. The van der Waals surface area contributed by atoms with Gasteiger partial charge in [0.1, 0.15) is 0 Å². The monoisotopic (exact) mass is 236 g/mol. The second kappa shape index (κ2) is 5.84. The Morgan fingerprint density at radius 3 is 2.71 bits per heavy atom. The van der Waals surface area contributed by atoms with Gasteiger partial charge in [0.05, 0.1) is 18.1 Å². The molecule has 1 aliphatic heterocycles. The molecule has 1 saturated carbocycles. The zero-order chi connectivity index (χ0) is 12.3. The Kier molecular flexibility index (Phi) is 4.42. The molecule has 0 bridgehead atoms. The fraction of sp³-hybridized carbons (Fsp3) is 0.929. The number of methoxy groups -OCH3 is 1. The summed E-state index contributed by atoms with van der Waals surface area (Å²) in [5, 5.41) is 9.26. The van der Waals surface area contributed by atoms with Crippen molar-refractivity contribution in [2.24, 2.45) is 11.8 Å². The lowest BCUT2D eigenvalue weighted by atomic mass is 9.82. The molecule has 3 nitrogen and oxygen atoms in total. The maximum Gasteiger partial charge on any atom is 0.0724 e. The van der Waals surface area contributed by atoms with Gasteiger partial charge < -0.3 is 4.74 Å². The third-order valence-electron chi connectivity index (χ3n) is 4.59. The predicted octanol–water partition coefficient (Wildman–Crippen LogP) is 2.43. The second-order valence-electron chi connectivity index (χ2n) is 5.62. The van der Waals surface area contributed by atoms with E-state index in [0.29, 0.717) is 18.1 Å². The van der Waals surface area contributed by atoms with Crippen molar-refractivity contribution in [3.05, 3.63) is 0 Å². The number of nitrogens with zero attached hydrogens (tertiary/aromatic N) is 2. The Labute approximate surface area is 105 Å². The second-order valence-corrected chi connectivity index (χ2v) is 5.62. The van der Waals surface area contributed by atoms with Gasteiger partial charge in [-0.2, -0.15) is 5.26 Å². The highest BCUT2D eigenvalue weighted by atomic mass is 16.5. The molecule has 2 aliphatic rings. The molecule has 2 fully saturated rings. The average Bonchev–Trinajstić information content (AvgIpc) is 2.39. The lowest BCUT2D eigenvalue weighted by Gasteiger charge is -2.43. The molecule has 0 N–H and O–H groups in total. The Hall–Kier alpha value is -0.590. The van der Waals surface area contributed by atoms with E-state index in [0.717, 1.165) is 19.5 Å². The van der Waals surface area contributed by atoms with Crippen molar-refractivity contribution in [3.8, 4) is 6.07 Å². The molecule has 1 aliphatic carbocycles. The van der Waals surface area contributed by atoms with E-state index in [2.05, 4.69) is 17.9 Å². The van der Waals surface area contributed by atoms with Gasteiger partial charge >= 0.3 is 0 Å². The van der Waals surface area contributed by atoms with Crippen LogP contribution in [0.2, 0.25) is 0 Å². The summed E-state index contributed by atoms with van der Waals surface area (Å²) >= 11 is 0. The first kappa shape index (κ1) is 12.9. The molecule has 1 saturated heterocycles. The highest BCUT2D eigenvalue weighted by Gasteiger charge is 2.35. The van der Waals surface area contributed by atoms with Gasteiger partial charge in [0.15, 0.2) is 0 Å². The van der Waals surface area contributed by atoms with Gasteiger partial charge in [0.2, 0.25) is 0 Å². The maximum absolute atomic E-state index is 9.26. The summed E-state index contributed by atoms with van der Waals surface area (Å²) in [5.74, 6) is 0.898. The van der Waals surface area contributed by atoms with Gasteiger partial charge in [-0.25, -0.2) is 0 Å². The molecule has 3 heteroatoms. The maximum atomic E-state index is 9.26. The van der Waals surface area contributed by atoms with E-state index in [1.165, 1.54) is 25.7 Å². The summed E-state index contributed by atoms with van der Waals surface area (Å²) in [7, 11) is 1.81. The van der Waals surface area contributed by atoms with E-state index in [-0.39, 0.29) is 5.92 Å². The molecule has 2 rings (SSSR count). The molecule has 17 heavy (non-hydrogen) atoms. The fourth-order valence-electron chi connectivity index (χ4n) is 3.36. The summed E-state index contributed by atoms with van der Waals surface area (Å²) in [6, 6.07) is 3.00. The van der Waals surface area contributed by atoms with Crippen LogP contribution in [-0.4, -0.2) is 37.2 Å². The van der Waals surface area contributed by atoms with Gasteiger partial charge in [-0.1, -0.05) is 19.8 Å². The number of ether oxygens (including phenoxy) is 1. The van der Waals surface area contributed by atoms with Gasteiger partial charge in [0.25, 0.3) is 0 Å². The average molecular weight is 236 g/mol. The Bertz CT molecular complexity index is 286. The van der Waals surface area contributed by atoms with Crippen LogP contribution in [0.3, 0.4) is 0 Å². The first-order valence-corrected chi connectivity index (χ1v) is 6.92. The van der Waals surface area contributed by atoms with E-state index in [4.69, 9.17) is 4.74 Å². The number of likely N-dealkylation sites (tertiary alicyclic amines) is 1. The van der Waals surface area contributed by atoms with Crippen LogP contribution in [0, 0.1) is 23.2 Å². The zero-order valence-corrected chi connectivity index (χ0v) is 11.1. The number of piperidine rings is 1. The van der Waals surface area contributed by atoms with Crippen LogP contribution in [0.25, 0.3) is 0 Å². The minimum atomic E-state index is 0.245. The van der Waals surface area contributed by atoms with Crippen LogP contribution in [0.1, 0.15) is 39.0 Å². The van der Waals surface area contributed by atoms with E-state index in [1.807, 2.05) is 7.11 Å². The SMILES string of the molecule is COC1CN(C2CCCCC2C#N)CCC1C. The first-order chi connectivity index (χ1) is 8.26. The van der Waals surface area contributed by atoms with Crippen LogP contribution in [0.4, 0.5) is 0 Å². The van der Waals surface area contributed by atoms with E-state index >= 15 is 0 Å². The molecular weight excluding hydrogens is 212 g/mol. The van der Waals surface area contributed by atoms with Crippen LogP contribution < -0.4 is 0 Å². The van der Waals surface area contributed by atoms with Crippen LogP contribution in [0.15, 0.2) is 0 Å². The van der Waals surface area contributed by atoms with E-state index in [9.17, 15) is 5.26 Å². The van der Waals surface area contributed by atoms with Gasteiger partial charge in [0, 0.05) is 19.7 Å². The Morgan fingerprint density at radius 1 is 1.24 bits per heavy atom. The number of rotatable bonds is 2. The summed E-state index contributed by atoms with van der Waals surface area (Å²) in [5.41, 5.74) is 0. The molecule has 0 amide bonds. The van der Waals surface area contributed by atoms with E-state index < -0.39 is 0 Å². The molecule has 0 radical (unpaired) electrons.